The van der Waals surface area contributed by atoms with E-state index in [-0.39, 0.29) is 5.91 Å². The molecular weight excluding hydrogens is 426 g/mol. The normalized spacial score (nSPS) is 14.2. The highest BCUT2D eigenvalue weighted by Gasteiger charge is 2.15. The van der Waals surface area contributed by atoms with Crippen LogP contribution in [0.25, 0.3) is 11.3 Å². The van der Waals surface area contributed by atoms with Crippen LogP contribution < -0.4 is 15.5 Å². The van der Waals surface area contributed by atoms with Gasteiger partial charge in [0.2, 0.25) is 11.9 Å². The Kier molecular flexibility index (Phi) is 7.29. The van der Waals surface area contributed by atoms with Crippen molar-refractivity contribution in [2.24, 2.45) is 4.99 Å². The summed E-state index contributed by atoms with van der Waals surface area (Å²) in [6.45, 7) is 7.62. The van der Waals surface area contributed by atoms with Gasteiger partial charge in [-0.2, -0.15) is 0 Å². The second kappa shape index (κ2) is 10.7. The maximum Gasteiger partial charge on any atom is 0.247 e. The Balaban J connectivity index is 1.61. The molecule has 2 heterocycles. The molecule has 1 fully saturated rings. The zero-order valence-electron chi connectivity index (χ0n) is 19.5. The average molecular weight is 456 g/mol. The number of piperazine rings is 1. The number of benzene rings is 2. The molecular formula is C26H29N7O. The quantitative estimate of drug-likeness (QED) is 0.416. The summed E-state index contributed by atoms with van der Waals surface area (Å²) in [6, 6.07) is 15.8. The molecule has 1 amide bonds. The van der Waals surface area contributed by atoms with Gasteiger partial charge in [0.05, 0.1) is 5.69 Å². The van der Waals surface area contributed by atoms with E-state index in [0.717, 1.165) is 43.0 Å². The predicted octanol–water partition coefficient (Wildman–Crippen LogP) is 3.81. The summed E-state index contributed by atoms with van der Waals surface area (Å²) >= 11 is 0. The third kappa shape index (κ3) is 5.65. The molecule has 8 nitrogen and oxygen atoms in total. The number of nitrogens with one attached hydrogen (secondary N) is 2. The zero-order chi connectivity index (χ0) is 23.9. The van der Waals surface area contributed by atoms with E-state index in [9.17, 15) is 4.79 Å². The summed E-state index contributed by atoms with van der Waals surface area (Å²) in [5, 5.41) is 6.13. The van der Waals surface area contributed by atoms with E-state index >= 15 is 0 Å². The Labute approximate surface area is 200 Å². The molecule has 0 saturated carbocycles. The van der Waals surface area contributed by atoms with E-state index in [1.807, 2.05) is 36.4 Å². The van der Waals surface area contributed by atoms with E-state index in [4.69, 9.17) is 4.98 Å². The zero-order valence-corrected chi connectivity index (χ0v) is 19.5. The van der Waals surface area contributed by atoms with Gasteiger partial charge < -0.3 is 20.4 Å². The number of carbonyl (C=O) groups is 1. The number of aliphatic imine (C=N–C) groups is 1. The van der Waals surface area contributed by atoms with Crippen LogP contribution in [0.1, 0.15) is 5.56 Å². The van der Waals surface area contributed by atoms with Crippen LogP contribution in [-0.2, 0) is 4.79 Å². The van der Waals surface area contributed by atoms with Crippen molar-refractivity contribution in [3.63, 3.8) is 0 Å². The number of nitrogens with zero attached hydrogens (tertiary/aromatic N) is 5. The van der Waals surface area contributed by atoms with Crippen LogP contribution in [0.5, 0.6) is 0 Å². The summed E-state index contributed by atoms with van der Waals surface area (Å²) in [5.41, 5.74) is 5.10. The lowest BCUT2D eigenvalue weighted by atomic mass is 10.1. The average Bonchev–Trinajstić information content (AvgIpc) is 2.86. The second-order valence-corrected chi connectivity index (χ2v) is 8.12. The SMILES string of the molecule is C=CC(=O)Nc1cccc(-c2nc(Nc3cccc(N4CCN(C)CC4)c3)ncc2/C=N\C)c1. The number of hydrogen-bond donors (Lipinski definition) is 2. The molecule has 1 aliphatic rings. The fraction of sp³-hybridized carbons (Fsp3) is 0.231. The fourth-order valence-electron chi connectivity index (χ4n) is 3.83. The molecule has 0 spiro atoms. The molecule has 34 heavy (non-hydrogen) atoms. The minimum atomic E-state index is -0.266. The predicted molar refractivity (Wildman–Crippen MR) is 139 cm³/mol. The van der Waals surface area contributed by atoms with Crippen LogP contribution in [-0.4, -0.2) is 67.3 Å². The van der Waals surface area contributed by atoms with Crippen LogP contribution in [0.2, 0.25) is 0 Å². The first-order valence-electron chi connectivity index (χ1n) is 11.2. The van der Waals surface area contributed by atoms with Crippen LogP contribution in [0, 0.1) is 0 Å². The molecule has 1 saturated heterocycles. The summed E-state index contributed by atoms with van der Waals surface area (Å²) < 4.78 is 0. The van der Waals surface area contributed by atoms with E-state index in [1.165, 1.54) is 11.8 Å². The van der Waals surface area contributed by atoms with Gasteiger partial charge >= 0.3 is 0 Å². The molecule has 2 N–H and O–H groups in total. The molecule has 0 atom stereocenters. The third-order valence-corrected chi connectivity index (χ3v) is 5.64. The van der Waals surface area contributed by atoms with E-state index < -0.39 is 0 Å². The Morgan fingerprint density at radius 3 is 2.62 bits per heavy atom. The molecule has 1 aliphatic heterocycles. The minimum absolute atomic E-state index is 0.266. The molecule has 2 aromatic carbocycles. The molecule has 0 unspecified atom stereocenters. The molecule has 1 aromatic heterocycles. The van der Waals surface area contributed by atoms with Crippen molar-refractivity contribution in [3.05, 3.63) is 72.9 Å². The number of amides is 1. The van der Waals surface area contributed by atoms with Gasteiger partial charge in [0, 0.05) is 73.8 Å². The first-order valence-corrected chi connectivity index (χ1v) is 11.2. The maximum absolute atomic E-state index is 11.7. The summed E-state index contributed by atoms with van der Waals surface area (Å²) in [4.78, 5) is 29.9. The number of likely N-dealkylation sites (N-methyl/N-ethyl adjacent to an activating group) is 1. The lowest BCUT2D eigenvalue weighted by Crippen LogP contribution is -2.44. The van der Waals surface area contributed by atoms with Gasteiger partial charge in [0.15, 0.2) is 0 Å². The van der Waals surface area contributed by atoms with Crippen LogP contribution in [0.3, 0.4) is 0 Å². The lowest BCUT2D eigenvalue weighted by molar-refractivity contribution is -0.111. The van der Waals surface area contributed by atoms with Crippen LogP contribution in [0.15, 0.2) is 72.4 Å². The smallest absolute Gasteiger partial charge is 0.247 e. The van der Waals surface area contributed by atoms with Gasteiger partial charge in [-0.3, -0.25) is 9.79 Å². The van der Waals surface area contributed by atoms with Crippen molar-refractivity contribution in [2.75, 3.05) is 55.8 Å². The third-order valence-electron chi connectivity index (χ3n) is 5.64. The van der Waals surface area contributed by atoms with Gasteiger partial charge in [-0.25, -0.2) is 9.97 Å². The number of rotatable bonds is 7. The first-order chi connectivity index (χ1) is 16.6. The molecule has 174 valence electrons. The fourth-order valence-corrected chi connectivity index (χ4v) is 3.83. The number of hydrogen-bond acceptors (Lipinski definition) is 7. The summed E-state index contributed by atoms with van der Waals surface area (Å²) in [7, 11) is 3.86. The molecule has 8 heteroatoms. The van der Waals surface area contributed by atoms with E-state index in [0.29, 0.717) is 17.3 Å². The van der Waals surface area contributed by atoms with E-state index in [2.05, 4.69) is 56.2 Å². The molecule has 0 radical (unpaired) electrons. The summed E-state index contributed by atoms with van der Waals surface area (Å²) in [5.74, 6) is 0.220. The summed E-state index contributed by atoms with van der Waals surface area (Å²) in [6.07, 6.45) is 4.71. The molecule has 0 bridgehead atoms. The van der Waals surface area contributed by atoms with E-state index in [1.54, 1.807) is 19.5 Å². The van der Waals surface area contributed by atoms with Gasteiger partial charge in [-0.05, 0) is 43.5 Å². The largest absolute Gasteiger partial charge is 0.369 e. The topological polar surface area (TPSA) is 85.8 Å². The van der Waals surface area contributed by atoms with Crippen molar-refractivity contribution < 1.29 is 4.79 Å². The van der Waals surface area contributed by atoms with Gasteiger partial charge in [-0.15, -0.1) is 0 Å². The van der Waals surface area contributed by atoms with Gasteiger partial charge in [0.1, 0.15) is 0 Å². The Hall–Kier alpha value is -4.04. The first kappa shape index (κ1) is 23.1. The Morgan fingerprint density at radius 2 is 1.85 bits per heavy atom. The Bertz CT molecular complexity index is 1200. The monoisotopic (exact) mass is 455 g/mol. The standard InChI is InChI=1S/C26H29N7O/c1-4-24(34)29-21-8-5-7-19(15-21)25-20(17-27-2)18-28-26(31-25)30-22-9-6-10-23(16-22)33-13-11-32(3)12-14-33/h4-10,15-18H,1,11-14H2,2-3H3,(H,29,34)(H,28,30,31)/b27-17-. The second-order valence-electron chi connectivity index (χ2n) is 8.12. The highest BCUT2D eigenvalue weighted by molar-refractivity contribution is 5.99. The Morgan fingerprint density at radius 1 is 1.09 bits per heavy atom. The molecule has 3 aromatic rings. The van der Waals surface area contributed by atoms with Crippen molar-refractivity contribution in [1.82, 2.24) is 14.9 Å². The van der Waals surface area contributed by atoms with Crippen LogP contribution >= 0.6 is 0 Å². The van der Waals surface area contributed by atoms with Crippen molar-refractivity contribution in [3.8, 4) is 11.3 Å². The minimum Gasteiger partial charge on any atom is -0.369 e. The molecule has 4 rings (SSSR count). The van der Waals surface area contributed by atoms with Crippen molar-refractivity contribution >= 4 is 35.1 Å². The van der Waals surface area contributed by atoms with Gasteiger partial charge in [-0.1, -0.05) is 24.8 Å². The molecule has 0 aliphatic carbocycles. The number of carbonyl (C=O) groups excluding carboxylic acids is 1. The lowest BCUT2D eigenvalue weighted by Gasteiger charge is -2.34. The number of anilines is 4. The highest BCUT2D eigenvalue weighted by atomic mass is 16.1. The van der Waals surface area contributed by atoms with Crippen molar-refractivity contribution in [2.45, 2.75) is 0 Å². The van der Waals surface area contributed by atoms with Gasteiger partial charge in [0.25, 0.3) is 0 Å². The highest BCUT2D eigenvalue weighted by Crippen LogP contribution is 2.27. The van der Waals surface area contributed by atoms with Crippen molar-refractivity contribution in [1.29, 1.82) is 0 Å². The van der Waals surface area contributed by atoms with Crippen LogP contribution in [0.4, 0.5) is 23.0 Å². The number of aromatic nitrogens is 2. The maximum atomic E-state index is 11.7.